The third-order valence-electron chi connectivity index (χ3n) is 3.16. The van der Waals surface area contributed by atoms with Crippen LogP contribution in [0, 0.1) is 0 Å². The number of benzene rings is 1. The van der Waals surface area contributed by atoms with Crippen molar-refractivity contribution in [1.29, 1.82) is 0 Å². The van der Waals surface area contributed by atoms with Crippen molar-refractivity contribution < 1.29 is 9.90 Å². The van der Waals surface area contributed by atoms with Gasteiger partial charge in [0.2, 0.25) is 5.91 Å². The van der Waals surface area contributed by atoms with E-state index in [2.05, 4.69) is 63.2 Å². The molecule has 1 heterocycles. The predicted octanol–water partition coefficient (Wildman–Crippen LogP) is 3.83. The van der Waals surface area contributed by atoms with Crippen LogP contribution in [0.15, 0.2) is 20.1 Å². The van der Waals surface area contributed by atoms with Gasteiger partial charge in [-0.1, -0.05) is 36.7 Å². The summed E-state index contributed by atoms with van der Waals surface area (Å²) in [4.78, 5) is 11.1. The maximum atomic E-state index is 11.1. The number of hydrogen-bond donors (Lipinski definition) is 2. The Hall–Kier alpha value is -0.880. The number of aromatic hydroxyl groups is 1. The standard InChI is InChI=1S/C14H16Br2N2O2/c1-14(2,3)11-8(15)6-7(13(20)12(11)16)9-4-5-10(19)18-17-9/h6,20H,4-5H2,1-3H3,(H,18,19). The molecule has 0 aromatic heterocycles. The van der Waals surface area contributed by atoms with Gasteiger partial charge in [0.25, 0.3) is 0 Å². The number of phenols is 1. The highest BCUT2D eigenvalue weighted by Crippen LogP contribution is 2.43. The van der Waals surface area contributed by atoms with E-state index in [1.165, 1.54) is 0 Å². The molecule has 2 N–H and O–H groups in total. The normalized spacial score (nSPS) is 15.8. The molecule has 0 spiro atoms. The predicted molar refractivity (Wildman–Crippen MR) is 86.1 cm³/mol. The van der Waals surface area contributed by atoms with Gasteiger partial charge in [-0.15, -0.1) is 0 Å². The van der Waals surface area contributed by atoms with Crippen LogP contribution in [-0.4, -0.2) is 16.7 Å². The van der Waals surface area contributed by atoms with Gasteiger partial charge in [-0.05, 0) is 33.0 Å². The van der Waals surface area contributed by atoms with Crippen molar-refractivity contribution in [1.82, 2.24) is 5.43 Å². The fraction of sp³-hybridized carbons (Fsp3) is 0.429. The van der Waals surface area contributed by atoms with Crippen LogP contribution in [-0.2, 0) is 10.2 Å². The van der Waals surface area contributed by atoms with E-state index in [1.807, 2.05) is 6.07 Å². The van der Waals surface area contributed by atoms with Crippen molar-refractivity contribution in [2.75, 3.05) is 0 Å². The van der Waals surface area contributed by atoms with Gasteiger partial charge in [0, 0.05) is 22.9 Å². The van der Waals surface area contributed by atoms with Crippen LogP contribution in [0.1, 0.15) is 44.7 Å². The van der Waals surface area contributed by atoms with Gasteiger partial charge < -0.3 is 5.11 Å². The lowest BCUT2D eigenvalue weighted by molar-refractivity contribution is -0.121. The number of carbonyl (C=O) groups excluding carboxylic acids is 1. The summed E-state index contributed by atoms with van der Waals surface area (Å²) in [5.74, 6) is 0.0608. The smallest absolute Gasteiger partial charge is 0.240 e. The van der Waals surface area contributed by atoms with Gasteiger partial charge in [0.1, 0.15) is 5.75 Å². The van der Waals surface area contributed by atoms with E-state index in [4.69, 9.17) is 0 Å². The van der Waals surface area contributed by atoms with Crippen molar-refractivity contribution >= 4 is 43.5 Å². The van der Waals surface area contributed by atoms with Gasteiger partial charge in [0.15, 0.2) is 0 Å². The van der Waals surface area contributed by atoms with E-state index in [0.29, 0.717) is 28.6 Å². The second kappa shape index (κ2) is 5.48. The number of rotatable bonds is 1. The summed E-state index contributed by atoms with van der Waals surface area (Å²) >= 11 is 7.04. The zero-order chi connectivity index (χ0) is 15.1. The molecule has 0 fully saturated rings. The highest BCUT2D eigenvalue weighted by molar-refractivity contribution is 9.11. The summed E-state index contributed by atoms with van der Waals surface area (Å²) in [7, 11) is 0. The van der Waals surface area contributed by atoms with Crippen LogP contribution in [0.3, 0.4) is 0 Å². The van der Waals surface area contributed by atoms with Crippen molar-refractivity contribution in [2.24, 2.45) is 5.10 Å². The van der Waals surface area contributed by atoms with Crippen LogP contribution >= 0.6 is 31.9 Å². The van der Waals surface area contributed by atoms with Crippen molar-refractivity contribution in [3.05, 3.63) is 26.1 Å². The lowest BCUT2D eigenvalue weighted by Gasteiger charge is -2.25. The number of halogens is 2. The Kier molecular flexibility index (Phi) is 4.25. The first kappa shape index (κ1) is 15.5. The molecule has 4 nitrogen and oxygen atoms in total. The zero-order valence-electron chi connectivity index (χ0n) is 11.6. The quantitative estimate of drug-likeness (QED) is 0.748. The third kappa shape index (κ3) is 2.91. The molecule has 0 unspecified atom stereocenters. The molecule has 1 aliphatic heterocycles. The summed E-state index contributed by atoms with van der Waals surface area (Å²) < 4.78 is 1.57. The first-order valence-electron chi connectivity index (χ1n) is 6.29. The van der Waals surface area contributed by atoms with Crippen molar-refractivity contribution in [3.8, 4) is 5.75 Å². The van der Waals surface area contributed by atoms with Gasteiger partial charge in [-0.3, -0.25) is 4.79 Å². The minimum atomic E-state index is -0.115. The van der Waals surface area contributed by atoms with Gasteiger partial charge in [-0.2, -0.15) is 5.10 Å². The molecule has 0 saturated carbocycles. The van der Waals surface area contributed by atoms with Gasteiger partial charge >= 0.3 is 0 Å². The van der Waals surface area contributed by atoms with Gasteiger partial charge in [-0.25, -0.2) is 5.43 Å². The highest BCUT2D eigenvalue weighted by atomic mass is 79.9. The number of hydrogen-bond acceptors (Lipinski definition) is 3. The highest BCUT2D eigenvalue weighted by Gasteiger charge is 2.26. The minimum Gasteiger partial charge on any atom is -0.506 e. The molecule has 6 heteroatoms. The van der Waals surface area contributed by atoms with Crippen LogP contribution in [0.25, 0.3) is 0 Å². The fourth-order valence-electron chi connectivity index (χ4n) is 2.18. The second-order valence-corrected chi connectivity index (χ2v) is 7.43. The van der Waals surface area contributed by atoms with Gasteiger partial charge in [0.05, 0.1) is 10.2 Å². The molecule has 0 radical (unpaired) electrons. The lowest BCUT2D eigenvalue weighted by Crippen LogP contribution is -2.26. The fourth-order valence-corrected chi connectivity index (χ4v) is 4.49. The summed E-state index contributed by atoms with van der Waals surface area (Å²) in [6, 6.07) is 1.86. The Morgan fingerprint density at radius 2 is 1.95 bits per heavy atom. The molecule has 20 heavy (non-hydrogen) atoms. The number of phenolic OH excluding ortho intramolecular Hbond substituents is 1. The first-order chi connectivity index (χ1) is 9.21. The molecule has 1 amide bonds. The number of amides is 1. The Labute approximate surface area is 134 Å². The van der Waals surface area contributed by atoms with E-state index in [1.54, 1.807) is 0 Å². The van der Waals surface area contributed by atoms with E-state index in [-0.39, 0.29) is 17.1 Å². The molecule has 1 aliphatic rings. The molecular formula is C14H16Br2N2O2. The zero-order valence-corrected chi connectivity index (χ0v) is 14.7. The average molecular weight is 404 g/mol. The van der Waals surface area contributed by atoms with Crippen LogP contribution < -0.4 is 5.43 Å². The molecule has 2 rings (SSSR count). The molecule has 1 aromatic rings. The maximum absolute atomic E-state index is 11.1. The Bertz CT molecular complexity index is 604. The SMILES string of the molecule is CC(C)(C)c1c(Br)cc(C2=NNC(=O)CC2)c(O)c1Br. The summed E-state index contributed by atoms with van der Waals surface area (Å²) in [6.07, 6.45) is 0.904. The number of hydrazone groups is 1. The average Bonchev–Trinajstić information content (AvgIpc) is 2.33. The lowest BCUT2D eigenvalue weighted by atomic mass is 9.85. The topological polar surface area (TPSA) is 61.7 Å². The van der Waals surface area contributed by atoms with Crippen molar-refractivity contribution in [3.63, 3.8) is 0 Å². The molecule has 1 aromatic carbocycles. The van der Waals surface area contributed by atoms with Crippen molar-refractivity contribution in [2.45, 2.75) is 39.0 Å². The molecular weight excluding hydrogens is 388 g/mol. The summed E-state index contributed by atoms with van der Waals surface area (Å²) in [5.41, 5.74) is 4.65. The number of carbonyl (C=O) groups is 1. The summed E-state index contributed by atoms with van der Waals surface area (Å²) in [6.45, 7) is 6.24. The van der Waals surface area contributed by atoms with E-state index in [0.717, 1.165) is 10.0 Å². The van der Waals surface area contributed by atoms with E-state index >= 15 is 0 Å². The monoisotopic (exact) mass is 402 g/mol. The maximum Gasteiger partial charge on any atom is 0.240 e. The molecule has 0 aliphatic carbocycles. The Morgan fingerprint density at radius 1 is 1.30 bits per heavy atom. The molecule has 108 valence electrons. The third-order valence-corrected chi connectivity index (χ3v) is 4.56. The Balaban J connectivity index is 2.56. The van der Waals surface area contributed by atoms with Crippen LogP contribution in [0.5, 0.6) is 5.75 Å². The molecule has 0 saturated heterocycles. The number of nitrogens with zero attached hydrogens (tertiary/aromatic N) is 1. The molecule has 0 atom stereocenters. The minimum absolute atomic E-state index is 0.0994. The summed E-state index contributed by atoms with van der Waals surface area (Å²) in [5, 5.41) is 14.5. The van der Waals surface area contributed by atoms with Crippen LogP contribution in [0.4, 0.5) is 0 Å². The van der Waals surface area contributed by atoms with E-state index in [9.17, 15) is 9.90 Å². The van der Waals surface area contributed by atoms with Crippen LogP contribution in [0.2, 0.25) is 0 Å². The number of nitrogens with one attached hydrogen (secondary N) is 1. The largest absolute Gasteiger partial charge is 0.506 e. The second-order valence-electron chi connectivity index (χ2n) is 5.79. The Morgan fingerprint density at radius 3 is 2.45 bits per heavy atom. The van der Waals surface area contributed by atoms with E-state index < -0.39 is 0 Å². The molecule has 0 bridgehead atoms. The first-order valence-corrected chi connectivity index (χ1v) is 7.87.